The fraction of sp³-hybridized carbons (Fsp3) is 0.421. The zero-order chi connectivity index (χ0) is 15.1. The van der Waals surface area contributed by atoms with Crippen LogP contribution < -0.4 is 5.32 Å². The molecule has 0 bridgehead atoms. The van der Waals surface area contributed by atoms with E-state index in [9.17, 15) is 4.79 Å². The van der Waals surface area contributed by atoms with Crippen molar-refractivity contribution in [3.8, 4) is 0 Å². The van der Waals surface area contributed by atoms with E-state index in [1.54, 1.807) is 0 Å². The number of nitrogens with zero attached hydrogens (tertiary/aromatic N) is 1. The lowest BCUT2D eigenvalue weighted by Crippen LogP contribution is -2.47. The highest BCUT2D eigenvalue weighted by atomic mass is 16.2. The van der Waals surface area contributed by atoms with Gasteiger partial charge in [0.05, 0.1) is 0 Å². The number of likely N-dealkylation sites (tertiary alicyclic amines) is 1. The van der Waals surface area contributed by atoms with Gasteiger partial charge in [0.25, 0.3) is 5.91 Å². The Bertz CT molecular complexity index is 727. The fourth-order valence-electron chi connectivity index (χ4n) is 4.00. The van der Waals surface area contributed by atoms with Crippen LogP contribution in [0, 0.1) is 0 Å². The molecule has 0 radical (unpaired) electrons. The van der Waals surface area contributed by atoms with E-state index in [1.165, 1.54) is 16.5 Å². The molecule has 3 heteroatoms. The van der Waals surface area contributed by atoms with Crippen LogP contribution in [-0.2, 0) is 12.8 Å². The number of likely N-dealkylation sites (N-methyl/N-ethyl adjacent to an activating group) is 1. The minimum Gasteiger partial charge on any atom is -0.337 e. The van der Waals surface area contributed by atoms with Crippen LogP contribution in [0.15, 0.2) is 30.3 Å². The molecule has 0 aromatic heterocycles. The van der Waals surface area contributed by atoms with Gasteiger partial charge in [0.1, 0.15) is 0 Å². The van der Waals surface area contributed by atoms with E-state index in [2.05, 4.69) is 29.6 Å². The molecule has 3 nitrogen and oxygen atoms in total. The van der Waals surface area contributed by atoms with Gasteiger partial charge in [-0.3, -0.25) is 4.79 Å². The van der Waals surface area contributed by atoms with Crippen molar-refractivity contribution in [2.45, 2.75) is 31.7 Å². The van der Waals surface area contributed by atoms with Crippen molar-refractivity contribution in [3.05, 3.63) is 47.0 Å². The van der Waals surface area contributed by atoms with E-state index in [0.29, 0.717) is 6.04 Å². The molecule has 1 N–H and O–H groups in total. The van der Waals surface area contributed by atoms with E-state index in [1.807, 2.05) is 18.0 Å². The Balaban J connectivity index is 1.74. The van der Waals surface area contributed by atoms with Crippen LogP contribution in [0.4, 0.5) is 0 Å². The number of nitrogens with one attached hydrogen (secondary N) is 1. The normalized spacial score (nSPS) is 20.6. The van der Waals surface area contributed by atoms with Gasteiger partial charge in [-0.1, -0.05) is 24.3 Å². The maximum Gasteiger partial charge on any atom is 0.254 e. The predicted molar refractivity (Wildman–Crippen MR) is 89.3 cm³/mol. The van der Waals surface area contributed by atoms with Crippen molar-refractivity contribution in [2.75, 3.05) is 20.1 Å². The maximum absolute atomic E-state index is 13.0. The van der Waals surface area contributed by atoms with Gasteiger partial charge in [-0.15, -0.1) is 0 Å². The fourth-order valence-corrected chi connectivity index (χ4v) is 4.00. The second kappa shape index (κ2) is 5.40. The molecule has 2 aliphatic rings. The molecule has 0 spiro atoms. The summed E-state index contributed by atoms with van der Waals surface area (Å²) in [5.41, 5.74) is 3.67. The number of amides is 1. The Hall–Kier alpha value is -1.87. The summed E-state index contributed by atoms with van der Waals surface area (Å²) in [4.78, 5) is 15.0. The lowest BCUT2D eigenvalue weighted by molar-refractivity contribution is 0.0700. The van der Waals surface area contributed by atoms with Crippen molar-refractivity contribution in [1.82, 2.24) is 10.2 Å². The third-order valence-electron chi connectivity index (χ3n) is 5.22. The van der Waals surface area contributed by atoms with E-state index >= 15 is 0 Å². The van der Waals surface area contributed by atoms with Crippen LogP contribution >= 0.6 is 0 Å². The van der Waals surface area contributed by atoms with E-state index < -0.39 is 0 Å². The Morgan fingerprint density at radius 1 is 1.18 bits per heavy atom. The van der Waals surface area contributed by atoms with Crippen molar-refractivity contribution in [1.29, 1.82) is 0 Å². The highest BCUT2D eigenvalue weighted by molar-refractivity contribution is 6.09. The zero-order valence-electron chi connectivity index (χ0n) is 13.1. The molecule has 1 heterocycles. The molecule has 2 aromatic rings. The molecular formula is C19H22N2O. The summed E-state index contributed by atoms with van der Waals surface area (Å²) >= 11 is 0. The highest BCUT2D eigenvalue weighted by Gasteiger charge is 2.26. The molecule has 2 aromatic carbocycles. The maximum atomic E-state index is 13.0. The van der Waals surface area contributed by atoms with Gasteiger partial charge in [-0.25, -0.2) is 0 Å². The zero-order valence-corrected chi connectivity index (χ0v) is 13.1. The first-order valence-electron chi connectivity index (χ1n) is 8.28. The molecule has 1 atom stereocenters. The Morgan fingerprint density at radius 3 is 2.82 bits per heavy atom. The standard InChI is InChI=1S/C19H22N2O/c1-20-15-5-3-11-21(12-15)19(22)17-10-9-14-8-7-13-4-2-6-16(17)18(13)14/h2,4,6,9-10,15,20H,3,5,7-8,11-12H2,1H3. The lowest BCUT2D eigenvalue weighted by Gasteiger charge is -2.33. The Morgan fingerprint density at radius 2 is 2.00 bits per heavy atom. The predicted octanol–water partition coefficient (Wildman–Crippen LogP) is 2.76. The summed E-state index contributed by atoms with van der Waals surface area (Å²) in [7, 11) is 1.98. The quantitative estimate of drug-likeness (QED) is 0.923. The number of carbonyl (C=O) groups is 1. The first-order chi connectivity index (χ1) is 10.8. The van der Waals surface area contributed by atoms with Crippen molar-refractivity contribution in [3.63, 3.8) is 0 Å². The SMILES string of the molecule is CNC1CCCN(C(=O)c2ccc3c4c(cccc24)CC3)C1. The molecular weight excluding hydrogens is 272 g/mol. The Kier molecular flexibility index (Phi) is 3.38. The van der Waals surface area contributed by atoms with Crippen molar-refractivity contribution < 1.29 is 4.79 Å². The summed E-state index contributed by atoms with van der Waals surface area (Å²) in [5.74, 6) is 0.190. The molecule has 1 fully saturated rings. The van der Waals surface area contributed by atoms with Crippen molar-refractivity contribution in [2.24, 2.45) is 0 Å². The lowest BCUT2D eigenvalue weighted by atomic mass is 9.98. The molecule has 1 saturated heterocycles. The molecule has 1 aliphatic carbocycles. The molecule has 1 amide bonds. The van der Waals surface area contributed by atoms with Gasteiger partial charge < -0.3 is 10.2 Å². The first-order valence-corrected chi connectivity index (χ1v) is 8.28. The van der Waals surface area contributed by atoms with Crippen LogP contribution in [0.2, 0.25) is 0 Å². The second-order valence-electron chi connectivity index (χ2n) is 6.49. The van der Waals surface area contributed by atoms with Crippen LogP contribution in [0.1, 0.15) is 34.3 Å². The Labute approximate surface area is 131 Å². The molecule has 1 aliphatic heterocycles. The highest BCUT2D eigenvalue weighted by Crippen LogP contribution is 2.33. The minimum absolute atomic E-state index is 0.190. The molecule has 0 saturated carbocycles. The van der Waals surface area contributed by atoms with Crippen LogP contribution in [0.3, 0.4) is 0 Å². The van der Waals surface area contributed by atoms with Gasteiger partial charge in [-0.2, -0.15) is 0 Å². The van der Waals surface area contributed by atoms with Gasteiger partial charge in [0.2, 0.25) is 0 Å². The summed E-state index contributed by atoms with van der Waals surface area (Å²) < 4.78 is 0. The topological polar surface area (TPSA) is 32.3 Å². The van der Waals surface area contributed by atoms with Gasteiger partial charge in [-0.05, 0) is 60.7 Å². The summed E-state index contributed by atoms with van der Waals surface area (Å²) in [6.07, 6.45) is 4.45. The van der Waals surface area contributed by atoms with Gasteiger partial charge >= 0.3 is 0 Å². The third-order valence-corrected chi connectivity index (χ3v) is 5.22. The summed E-state index contributed by atoms with van der Waals surface area (Å²) in [5, 5.41) is 5.78. The summed E-state index contributed by atoms with van der Waals surface area (Å²) in [6.45, 7) is 1.69. The molecule has 22 heavy (non-hydrogen) atoms. The van der Waals surface area contributed by atoms with E-state index in [4.69, 9.17) is 0 Å². The number of hydrogen-bond donors (Lipinski definition) is 1. The molecule has 4 rings (SSSR count). The molecule has 1 unspecified atom stereocenters. The van der Waals surface area contributed by atoms with Gasteiger partial charge in [0.15, 0.2) is 0 Å². The first kappa shape index (κ1) is 13.8. The number of rotatable bonds is 2. The van der Waals surface area contributed by atoms with Crippen LogP contribution in [-0.4, -0.2) is 37.0 Å². The second-order valence-corrected chi connectivity index (χ2v) is 6.49. The molecule has 114 valence electrons. The van der Waals surface area contributed by atoms with Crippen LogP contribution in [0.25, 0.3) is 10.8 Å². The van der Waals surface area contributed by atoms with E-state index in [0.717, 1.165) is 49.7 Å². The van der Waals surface area contributed by atoms with Crippen LogP contribution in [0.5, 0.6) is 0 Å². The largest absolute Gasteiger partial charge is 0.337 e. The minimum atomic E-state index is 0.190. The number of hydrogen-bond acceptors (Lipinski definition) is 2. The monoisotopic (exact) mass is 294 g/mol. The van der Waals surface area contributed by atoms with E-state index in [-0.39, 0.29) is 5.91 Å². The number of piperidine rings is 1. The number of benzene rings is 2. The average Bonchev–Trinajstić information content (AvgIpc) is 3.00. The van der Waals surface area contributed by atoms with Gasteiger partial charge in [0, 0.05) is 24.7 Å². The van der Waals surface area contributed by atoms with Crippen molar-refractivity contribution >= 4 is 16.7 Å². The average molecular weight is 294 g/mol. The number of aryl methyl sites for hydroxylation is 2. The summed E-state index contributed by atoms with van der Waals surface area (Å²) in [6, 6.07) is 11.0. The third kappa shape index (κ3) is 2.12. The number of carbonyl (C=O) groups excluding carboxylic acids is 1. The smallest absolute Gasteiger partial charge is 0.254 e.